The lowest BCUT2D eigenvalue weighted by atomic mass is 9.78. The van der Waals surface area contributed by atoms with Crippen LogP contribution in [0.2, 0.25) is 0 Å². The number of nitrogens with zero attached hydrogens (tertiary/aromatic N) is 2. The molecular weight excluding hydrogens is 376 g/mol. The Balaban J connectivity index is 1.84. The van der Waals surface area contributed by atoms with Crippen LogP contribution in [-0.4, -0.2) is 47.2 Å². The molecule has 0 aromatic heterocycles. The van der Waals surface area contributed by atoms with Gasteiger partial charge in [0.1, 0.15) is 11.5 Å². The van der Waals surface area contributed by atoms with E-state index in [2.05, 4.69) is 46.4 Å². The maximum absolute atomic E-state index is 13.3. The molecule has 30 heavy (non-hydrogen) atoms. The second-order valence-corrected chi connectivity index (χ2v) is 10.2. The summed E-state index contributed by atoms with van der Waals surface area (Å²) in [6, 6.07) is 10.9. The van der Waals surface area contributed by atoms with Crippen molar-refractivity contribution >= 4 is 11.6 Å². The quantitative estimate of drug-likeness (QED) is 0.756. The lowest BCUT2D eigenvalue weighted by Crippen LogP contribution is -2.48. The van der Waals surface area contributed by atoms with Gasteiger partial charge in [0.25, 0.3) is 5.91 Å². The monoisotopic (exact) mass is 410 g/mol. The summed E-state index contributed by atoms with van der Waals surface area (Å²) in [5, 5.41) is 20.4. The number of hydrogen-bond donors (Lipinski definition) is 2. The Kier molecular flexibility index (Phi) is 5.76. The van der Waals surface area contributed by atoms with Crippen molar-refractivity contribution in [1.29, 1.82) is 0 Å². The number of phenolic OH excluding ortho intramolecular Hbond substituents is 2. The van der Waals surface area contributed by atoms with Crippen molar-refractivity contribution in [2.75, 3.05) is 31.1 Å². The number of rotatable bonds is 2. The van der Waals surface area contributed by atoms with Crippen molar-refractivity contribution in [3.05, 3.63) is 53.1 Å². The van der Waals surface area contributed by atoms with Crippen LogP contribution >= 0.6 is 0 Å². The Morgan fingerprint density at radius 1 is 0.800 bits per heavy atom. The van der Waals surface area contributed by atoms with E-state index in [1.54, 1.807) is 12.1 Å². The summed E-state index contributed by atoms with van der Waals surface area (Å²) >= 11 is 0. The first-order valence-electron chi connectivity index (χ1n) is 10.6. The van der Waals surface area contributed by atoms with Crippen LogP contribution in [0, 0.1) is 0 Å². The molecule has 0 atom stereocenters. The van der Waals surface area contributed by atoms with Gasteiger partial charge in [-0.25, -0.2) is 0 Å². The van der Waals surface area contributed by atoms with Crippen molar-refractivity contribution in [2.24, 2.45) is 0 Å². The summed E-state index contributed by atoms with van der Waals surface area (Å²) in [6.07, 6.45) is 0. The molecule has 0 radical (unpaired) electrons. The molecule has 5 heteroatoms. The predicted octanol–water partition coefficient (Wildman–Crippen LogP) is 4.66. The van der Waals surface area contributed by atoms with Crippen molar-refractivity contribution in [3.8, 4) is 11.5 Å². The number of benzene rings is 2. The van der Waals surface area contributed by atoms with Gasteiger partial charge in [-0.15, -0.1) is 0 Å². The van der Waals surface area contributed by atoms with Crippen LogP contribution in [0.15, 0.2) is 36.4 Å². The molecule has 2 aromatic rings. The number of carbonyl (C=O) groups is 1. The third-order valence-electron chi connectivity index (χ3n) is 5.75. The Morgan fingerprint density at radius 2 is 1.27 bits per heavy atom. The lowest BCUT2D eigenvalue weighted by molar-refractivity contribution is 0.0746. The molecular formula is C25H34N2O3. The fraction of sp³-hybridized carbons (Fsp3) is 0.480. The molecule has 2 N–H and O–H groups in total. The highest BCUT2D eigenvalue weighted by Gasteiger charge is 2.30. The topological polar surface area (TPSA) is 64.0 Å². The van der Waals surface area contributed by atoms with Gasteiger partial charge in [0.2, 0.25) is 0 Å². The second kappa shape index (κ2) is 7.86. The Bertz CT molecular complexity index is 878. The van der Waals surface area contributed by atoms with Crippen LogP contribution in [0.1, 0.15) is 63.0 Å². The average Bonchev–Trinajstić information content (AvgIpc) is 2.66. The van der Waals surface area contributed by atoms with E-state index in [1.807, 2.05) is 29.2 Å². The number of amides is 1. The van der Waals surface area contributed by atoms with E-state index in [-0.39, 0.29) is 22.5 Å². The standard InChI is InChI=1S/C25H34N2O3/c1-24(2,3)20-15-17(16-21(22(20)29)25(4,5)6)23(30)27-13-11-26(12-14-27)18-7-9-19(28)10-8-18/h7-10,15-16,28-29H,11-14H2,1-6H3. The zero-order valence-electron chi connectivity index (χ0n) is 19.0. The predicted molar refractivity (Wildman–Crippen MR) is 122 cm³/mol. The molecule has 0 saturated carbocycles. The fourth-order valence-corrected chi connectivity index (χ4v) is 3.92. The van der Waals surface area contributed by atoms with E-state index in [4.69, 9.17) is 0 Å². The highest BCUT2D eigenvalue weighted by Crippen LogP contribution is 2.40. The maximum atomic E-state index is 13.3. The van der Waals surface area contributed by atoms with E-state index < -0.39 is 0 Å². The Hall–Kier alpha value is -2.69. The smallest absolute Gasteiger partial charge is 0.253 e. The van der Waals surface area contributed by atoms with Crippen LogP contribution in [0.25, 0.3) is 0 Å². The summed E-state index contributed by atoms with van der Waals surface area (Å²) in [6.45, 7) is 15.1. The molecule has 0 aliphatic carbocycles. The first-order valence-corrected chi connectivity index (χ1v) is 10.6. The molecule has 3 rings (SSSR count). The van der Waals surface area contributed by atoms with Gasteiger partial charge < -0.3 is 20.0 Å². The molecule has 1 fully saturated rings. The molecule has 0 bridgehead atoms. The van der Waals surface area contributed by atoms with Gasteiger partial charge in [-0.1, -0.05) is 41.5 Å². The number of phenols is 2. The van der Waals surface area contributed by atoms with Gasteiger partial charge in [0.15, 0.2) is 0 Å². The molecule has 5 nitrogen and oxygen atoms in total. The summed E-state index contributed by atoms with van der Waals surface area (Å²) in [4.78, 5) is 17.5. The summed E-state index contributed by atoms with van der Waals surface area (Å²) < 4.78 is 0. The van der Waals surface area contributed by atoms with Gasteiger partial charge in [-0.05, 0) is 47.2 Å². The highest BCUT2D eigenvalue weighted by molar-refractivity contribution is 5.95. The maximum Gasteiger partial charge on any atom is 0.253 e. The largest absolute Gasteiger partial charge is 0.508 e. The molecule has 1 aliphatic heterocycles. The zero-order valence-corrected chi connectivity index (χ0v) is 19.0. The molecule has 162 valence electrons. The first kappa shape index (κ1) is 22.0. The minimum Gasteiger partial charge on any atom is -0.508 e. The summed E-state index contributed by atoms with van der Waals surface area (Å²) in [7, 11) is 0. The first-order chi connectivity index (χ1) is 13.9. The van der Waals surface area contributed by atoms with Crippen molar-refractivity contribution in [3.63, 3.8) is 0 Å². The Labute approximate surface area is 179 Å². The Morgan fingerprint density at radius 3 is 1.70 bits per heavy atom. The molecule has 0 spiro atoms. The minimum atomic E-state index is -0.266. The van der Waals surface area contributed by atoms with E-state index >= 15 is 0 Å². The van der Waals surface area contributed by atoms with E-state index in [0.717, 1.165) is 29.9 Å². The number of carbonyl (C=O) groups excluding carboxylic acids is 1. The van der Waals surface area contributed by atoms with Gasteiger partial charge >= 0.3 is 0 Å². The number of hydrogen-bond acceptors (Lipinski definition) is 4. The van der Waals surface area contributed by atoms with Crippen LogP contribution in [-0.2, 0) is 10.8 Å². The normalized spacial score (nSPS) is 15.4. The second-order valence-electron chi connectivity index (χ2n) is 10.2. The minimum absolute atomic E-state index is 0.0105. The molecule has 1 aliphatic rings. The van der Waals surface area contributed by atoms with Gasteiger partial charge in [0.05, 0.1) is 0 Å². The van der Waals surface area contributed by atoms with Crippen LogP contribution in [0.4, 0.5) is 5.69 Å². The third-order valence-corrected chi connectivity index (χ3v) is 5.75. The van der Waals surface area contributed by atoms with Crippen LogP contribution in [0.3, 0.4) is 0 Å². The summed E-state index contributed by atoms with van der Waals surface area (Å²) in [5.74, 6) is 0.559. The van der Waals surface area contributed by atoms with Crippen molar-refractivity contribution in [2.45, 2.75) is 52.4 Å². The molecule has 0 unspecified atom stereocenters. The van der Waals surface area contributed by atoms with Crippen LogP contribution in [0.5, 0.6) is 11.5 Å². The number of anilines is 1. The van der Waals surface area contributed by atoms with Gasteiger partial charge in [-0.3, -0.25) is 4.79 Å². The number of aromatic hydroxyl groups is 2. The van der Waals surface area contributed by atoms with E-state index in [1.165, 1.54) is 0 Å². The molecule has 1 amide bonds. The SMILES string of the molecule is CC(C)(C)c1cc(C(=O)N2CCN(c3ccc(O)cc3)CC2)cc(C(C)(C)C)c1O. The van der Waals surface area contributed by atoms with Gasteiger partial charge in [0, 0.05) is 48.6 Å². The molecule has 2 aromatic carbocycles. The lowest BCUT2D eigenvalue weighted by Gasteiger charge is -2.36. The zero-order chi connectivity index (χ0) is 22.3. The van der Waals surface area contributed by atoms with Crippen molar-refractivity contribution < 1.29 is 15.0 Å². The molecule has 1 heterocycles. The van der Waals surface area contributed by atoms with Gasteiger partial charge in [-0.2, -0.15) is 0 Å². The third kappa shape index (κ3) is 4.55. The fourth-order valence-electron chi connectivity index (χ4n) is 3.92. The van der Waals surface area contributed by atoms with E-state index in [0.29, 0.717) is 24.4 Å². The molecule has 1 saturated heterocycles. The summed E-state index contributed by atoms with van der Waals surface area (Å²) in [5.41, 5.74) is 2.77. The number of piperazine rings is 1. The average molecular weight is 411 g/mol. The highest BCUT2D eigenvalue weighted by atomic mass is 16.3. The van der Waals surface area contributed by atoms with Crippen molar-refractivity contribution in [1.82, 2.24) is 4.90 Å². The van der Waals surface area contributed by atoms with Crippen LogP contribution < -0.4 is 4.90 Å². The van der Waals surface area contributed by atoms with E-state index in [9.17, 15) is 15.0 Å².